The predicted molar refractivity (Wildman–Crippen MR) is 337 cm³/mol. The fourth-order valence-corrected chi connectivity index (χ4v) is 12.8. The molecule has 0 radical (unpaired) electrons. The zero-order valence-corrected chi connectivity index (χ0v) is 40.8. The Bertz CT molecular complexity index is 6310. The molecule has 0 aromatic heterocycles. The number of anilines is 9. The SMILES string of the molecule is [2H]c1c([2H])c([2H])c(N2c3c([2H])c([2H])c([2H])c([2H])c3B3c4ccc5c(c4Oc4c([2H])c([2H])c([2H])c2c43)c2ccc3c(c2c2ccc4c(c52)Oc2c([2H])c([2H])c([2H])c5c2B4c2c([2H])c([2H])c([2H])c([2H])c2N5c2c([2H])c([2H])c([2H])c([2H])c2[2H])Oc2c([2H])c([2H])c([2H])c4c2B3c2c([2H])c([2H])c([2H])c([2H])c2N4c2c([2H])c([2H])c([2H])c([2H])c2[2H])c([2H])c1[2H]. The first kappa shape index (κ1) is 22.0. The summed E-state index contributed by atoms with van der Waals surface area (Å²) in [6.45, 7) is -5.02. The molecule has 0 unspecified atom stereocenters. The van der Waals surface area contributed by atoms with Crippen LogP contribution in [-0.2, 0) is 0 Å². The number of hydrogen-bond acceptors (Lipinski definition) is 6. The Kier molecular flexibility index (Phi) is 4.39. The summed E-state index contributed by atoms with van der Waals surface area (Å²) in [6.07, 6.45) is 0. The predicted octanol–water partition coefficient (Wildman–Crippen LogP) is 12.4. The number of ether oxygens (including phenoxy) is 3. The number of rotatable bonds is 3. The summed E-state index contributed by atoms with van der Waals surface area (Å²) in [4.78, 5) is 2.58. The third-order valence-corrected chi connectivity index (χ3v) is 15.8. The first-order chi connectivity index (χ1) is 55.2. The van der Waals surface area contributed by atoms with Gasteiger partial charge in [-0.25, -0.2) is 0 Å². The molecule has 0 amide bonds. The van der Waals surface area contributed by atoms with Gasteiger partial charge in [-0.3, -0.25) is 0 Å². The summed E-state index contributed by atoms with van der Waals surface area (Å²) in [5.74, 6) is -2.72. The average molecular weight is 1070 g/mol. The molecule has 6 aliphatic rings. The highest BCUT2D eigenvalue weighted by Gasteiger charge is 2.47. The summed E-state index contributed by atoms with van der Waals surface area (Å²) in [5, 5.41) is -0.248. The number of benzene rings is 13. The van der Waals surface area contributed by atoms with Gasteiger partial charge in [0.15, 0.2) is 0 Å². The quantitative estimate of drug-likeness (QED) is 0.130. The number of para-hydroxylation sites is 6. The minimum atomic E-state index is -1.67. The molecule has 0 aliphatic carbocycles. The van der Waals surface area contributed by atoms with Gasteiger partial charge in [0.2, 0.25) is 0 Å². The van der Waals surface area contributed by atoms with Gasteiger partial charge in [0.1, 0.15) is 34.5 Å². The second-order valence-electron chi connectivity index (χ2n) is 19.4. The van der Waals surface area contributed by atoms with Gasteiger partial charge in [0.05, 0.1) is 49.3 Å². The molecule has 0 N–H and O–H groups in total. The Labute approximate surface area is 519 Å². The lowest BCUT2D eigenvalue weighted by molar-refractivity contribution is 0.492. The summed E-state index contributed by atoms with van der Waals surface area (Å²) in [7, 11) is 0. The lowest BCUT2D eigenvalue weighted by Gasteiger charge is -2.41. The highest BCUT2D eigenvalue weighted by Crippen LogP contribution is 2.52. The molecular weight excluding hydrogens is 987 g/mol. The van der Waals surface area contributed by atoms with Gasteiger partial charge in [-0.2, -0.15) is 0 Å². The van der Waals surface area contributed by atoms with E-state index in [-0.39, 0.29) is 98.7 Å². The van der Waals surface area contributed by atoms with Gasteiger partial charge in [-0.05, 0) is 156 Å². The van der Waals surface area contributed by atoms with Crippen LogP contribution in [0.3, 0.4) is 0 Å². The topological polar surface area (TPSA) is 37.4 Å². The molecule has 0 spiro atoms. The van der Waals surface area contributed by atoms with Gasteiger partial charge in [-0.15, -0.1) is 0 Å². The molecule has 0 fully saturated rings. The molecule has 19 rings (SSSR count). The second-order valence-corrected chi connectivity index (χ2v) is 19.4. The van der Waals surface area contributed by atoms with Gasteiger partial charge in [0, 0.05) is 67.3 Å². The monoisotopic (exact) mass is 1070 g/mol. The van der Waals surface area contributed by atoms with Gasteiger partial charge in [0.25, 0.3) is 20.1 Å². The van der Waals surface area contributed by atoms with Crippen LogP contribution in [-0.4, -0.2) is 20.1 Å². The van der Waals surface area contributed by atoms with E-state index in [4.69, 9.17) is 30.7 Å². The van der Waals surface area contributed by atoms with E-state index in [1.807, 2.05) is 0 Å². The molecule has 0 atom stereocenters. The zero-order chi connectivity index (χ0) is 83.9. The van der Waals surface area contributed by atoms with Crippen molar-refractivity contribution in [1.82, 2.24) is 0 Å². The molecule has 0 saturated heterocycles. The number of nitrogens with zero attached hydrogens (tertiary/aromatic N) is 3. The van der Waals surface area contributed by atoms with Crippen molar-refractivity contribution in [2.24, 2.45) is 0 Å². The third-order valence-electron chi connectivity index (χ3n) is 15.8. The van der Waals surface area contributed by atoms with Crippen LogP contribution in [0.2, 0.25) is 0 Å². The molecule has 13 aromatic rings. The van der Waals surface area contributed by atoms with Crippen LogP contribution in [0.15, 0.2) is 254 Å². The molecule has 81 heavy (non-hydrogen) atoms. The highest BCUT2D eigenvalue weighted by atomic mass is 16.5. The lowest BCUT2D eigenvalue weighted by Crippen LogP contribution is -2.59. The van der Waals surface area contributed by atoms with E-state index >= 15 is 0 Å². The Morgan fingerprint density at radius 3 is 0.840 bits per heavy atom. The maximum Gasteiger partial charge on any atom is 0.256 e. The smallest absolute Gasteiger partial charge is 0.256 e. The second kappa shape index (κ2) is 16.1. The molecule has 6 heterocycles. The van der Waals surface area contributed by atoms with Crippen molar-refractivity contribution in [2.45, 2.75) is 0 Å². The van der Waals surface area contributed by atoms with Crippen LogP contribution in [0.25, 0.3) is 32.3 Å². The van der Waals surface area contributed by atoms with E-state index in [9.17, 15) is 32.9 Å². The van der Waals surface area contributed by atoms with Crippen LogP contribution >= 0.6 is 0 Å². The fraction of sp³-hybridized carbons (Fsp3) is 0. The van der Waals surface area contributed by atoms with Gasteiger partial charge < -0.3 is 28.9 Å². The summed E-state index contributed by atoms with van der Waals surface area (Å²) in [5.41, 5.74) is -7.56. The molecule has 6 aliphatic heterocycles. The number of hydrogen-bond donors (Lipinski definition) is 0. The van der Waals surface area contributed by atoms with Crippen molar-refractivity contribution in [3.8, 4) is 34.5 Å². The Morgan fingerprint density at radius 1 is 0.259 bits per heavy atom. The average Bonchev–Trinajstić information content (AvgIpc) is 0.675. The first-order valence-corrected chi connectivity index (χ1v) is 25.1. The van der Waals surface area contributed by atoms with Crippen LogP contribution in [0, 0.1) is 0 Å². The van der Waals surface area contributed by atoms with Crippen molar-refractivity contribution in [3.63, 3.8) is 0 Å². The maximum absolute atomic E-state index is 9.93. The Hall–Kier alpha value is -10.4. The van der Waals surface area contributed by atoms with E-state index in [0.29, 0.717) is 0 Å². The lowest BCUT2D eigenvalue weighted by atomic mass is 9.33. The van der Waals surface area contributed by atoms with E-state index < -0.39 is 306 Å². The van der Waals surface area contributed by atoms with Crippen LogP contribution < -0.4 is 78.1 Å². The van der Waals surface area contributed by atoms with E-state index in [2.05, 4.69) is 0 Å². The minimum Gasteiger partial charge on any atom is -0.458 e. The largest absolute Gasteiger partial charge is 0.458 e. The summed E-state index contributed by atoms with van der Waals surface area (Å²) < 4.78 is 358. The normalized spacial score (nSPS) is 20.3. The summed E-state index contributed by atoms with van der Waals surface area (Å²) in [6, 6.07) is -22.7. The number of fused-ring (bicyclic) bond motifs is 21. The highest BCUT2D eigenvalue weighted by molar-refractivity contribution is 7.01. The van der Waals surface area contributed by atoms with Crippen molar-refractivity contribution >= 4 is 153 Å². The van der Waals surface area contributed by atoms with Crippen molar-refractivity contribution in [3.05, 3.63) is 254 Å². The molecule has 9 heteroatoms. The van der Waals surface area contributed by atoms with E-state index in [0.717, 1.165) is 14.7 Å². The molecule has 13 aromatic carbocycles. The fourth-order valence-electron chi connectivity index (χ4n) is 12.8. The molecular formula is C72H42B3N3O3. The Balaban J connectivity index is 0.995. The maximum atomic E-state index is 9.93. The van der Waals surface area contributed by atoms with Crippen molar-refractivity contribution in [2.75, 3.05) is 14.7 Å². The van der Waals surface area contributed by atoms with Crippen LogP contribution in [0.1, 0.15) is 49.3 Å². The molecule has 372 valence electrons. The Morgan fingerprint density at radius 2 is 0.531 bits per heavy atom. The summed E-state index contributed by atoms with van der Waals surface area (Å²) >= 11 is 0. The standard InChI is InChI=1S/C72H42B3N3O3/c1-4-19-43(20-5-1)76-55-28-13-10-25-49(55)73-52-40-37-46-64(70(52)79-61-34-16-31-58(76)67(61)73)47-38-41-53-72(81-63-36-18-33-60-69(63)74(53)50-26-11-14-29-56(50)77(60)44-21-6-2-7-22-44)66(47)48-39-42-54-71(65(46)48)80-62-35-17-32-59-68(62)75(54)51-27-12-15-30-57(51)78(59)45-23-8-3-9-24-45/h1-42H/i1D,2D,3D,4D,5D,6D,7D,8D,9D,10D,11D,12D,13D,14D,15D,16D,17D,18D,19D,20D,21D,22D,23D,24D,25D,26D,27D,28D,29D,30D,31D,32D,33D,34D,35D,36D. The minimum absolute atomic E-state index is 0.0155. The molecule has 0 bridgehead atoms. The third kappa shape index (κ3) is 5.74. The first-order valence-electron chi connectivity index (χ1n) is 43.1. The van der Waals surface area contributed by atoms with Gasteiger partial charge >= 0.3 is 0 Å². The zero-order valence-electron chi connectivity index (χ0n) is 76.8. The molecule has 0 saturated carbocycles. The van der Waals surface area contributed by atoms with Gasteiger partial charge in [-0.1, -0.05) is 163 Å². The van der Waals surface area contributed by atoms with Crippen LogP contribution in [0.5, 0.6) is 34.5 Å². The van der Waals surface area contributed by atoms with Crippen LogP contribution in [0.4, 0.5) is 51.2 Å². The van der Waals surface area contributed by atoms with Crippen molar-refractivity contribution in [1.29, 1.82) is 0 Å². The molecule has 6 nitrogen and oxygen atoms in total. The van der Waals surface area contributed by atoms with E-state index in [1.54, 1.807) is 0 Å². The van der Waals surface area contributed by atoms with E-state index in [1.165, 1.54) is 36.4 Å². The van der Waals surface area contributed by atoms with Crippen molar-refractivity contribution < 1.29 is 63.6 Å².